The first-order chi connectivity index (χ1) is 9.92. The molecule has 0 aromatic carbocycles. The van der Waals surface area contributed by atoms with E-state index in [0.29, 0.717) is 51.3 Å². The fraction of sp³-hybridized carbons (Fsp3) is 0.800. The van der Waals surface area contributed by atoms with Gasteiger partial charge in [0, 0.05) is 32.5 Å². The lowest BCUT2D eigenvalue weighted by molar-refractivity contribution is -0.133. The quantitative estimate of drug-likeness (QED) is 0.827. The van der Waals surface area contributed by atoms with Crippen LogP contribution in [0.3, 0.4) is 0 Å². The Morgan fingerprint density at radius 2 is 1.90 bits per heavy atom. The van der Waals surface area contributed by atoms with Crippen molar-refractivity contribution in [2.45, 2.75) is 39.0 Å². The van der Waals surface area contributed by atoms with E-state index in [1.165, 1.54) is 0 Å². The van der Waals surface area contributed by atoms with E-state index >= 15 is 0 Å². The van der Waals surface area contributed by atoms with Gasteiger partial charge >= 0.3 is 6.03 Å². The number of hydrogen-bond donors (Lipinski definition) is 1. The molecule has 0 aromatic rings. The molecule has 21 heavy (non-hydrogen) atoms. The predicted molar refractivity (Wildman–Crippen MR) is 74.6 cm³/mol. The molecule has 0 aromatic heterocycles. The number of nitrogens with zero attached hydrogens (tertiary/aromatic N) is 1. The minimum absolute atomic E-state index is 0.0354. The van der Waals surface area contributed by atoms with Crippen LogP contribution in [0.15, 0.2) is 0 Å². The Hall–Kier alpha value is -1.43. The number of rotatable bonds is 2. The number of carbonyl (C=O) groups is 3. The van der Waals surface area contributed by atoms with Crippen LogP contribution in [0.2, 0.25) is 0 Å². The van der Waals surface area contributed by atoms with Crippen LogP contribution >= 0.6 is 0 Å². The predicted octanol–water partition coefficient (Wildman–Crippen LogP) is 1.09. The number of urea groups is 1. The van der Waals surface area contributed by atoms with Crippen LogP contribution in [0, 0.1) is 10.8 Å². The van der Waals surface area contributed by atoms with Gasteiger partial charge in [-0.3, -0.25) is 14.9 Å². The number of ether oxygens (including phenoxy) is 1. The van der Waals surface area contributed by atoms with E-state index in [0.717, 1.165) is 12.8 Å². The molecule has 1 aliphatic carbocycles. The number of Topliss-reactive ketones (excluding diaryl/α,β-unsaturated/α-hetero) is 1. The minimum atomic E-state index is -0.575. The summed E-state index contributed by atoms with van der Waals surface area (Å²) in [4.78, 5) is 37.4. The Bertz CT molecular complexity index is 472. The Kier molecular flexibility index (Phi) is 3.51. The number of imide groups is 1. The number of amides is 3. The monoisotopic (exact) mass is 294 g/mol. The second-order valence-corrected chi connectivity index (χ2v) is 7.05. The molecule has 116 valence electrons. The highest BCUT2D eigenvalue weighted by Crippen LogP contribution is 2.38. The summed E-state index contributed by atoms with van der Waals surface area (Å²) in [5.74, 6) is 0.108. The summed E-state index contributed by atoms with van der Waals surface area (Å²) in [7, 11) is 0. The van der Waals surface area contributed by atoms with E-state index in [-0.39, 0.29) is 17.4 Å². The molecular weight excluding hydrogens is 272 g/mol. The van der Waals surface area contributed by atoms with E-state index in [1.54, 1.807) is 4.90 Å². The van der Waals surface area contributed by atoms with Crippen molar-refractivity contribution < 1.29 is 19.1 Å². The maximum Gasteiger partial charge on any atom is 0.324 e. The molecule has 1 spiro atoms. The number of nitrogens with one attached hydrogen (secondary N) is 1. The summed E-state index contributed by atoms with van der Waals surface area (Å²) < 4.78 is 5.38. The van der Waals surface area contributed by atoms with Crippen LogP contribution in [-0.2, 0) is 14.3 Å². The maximum atomic E-state index is 12.1. The lowest BCUT2D eigenvalue weighted by Crippen LogP contribution is -2.62. The zero-order chi connectivity index (χ0) is 15.1. The molecule has 3 fully saturated rings. The number of carbonyl (C=O) groups excluding carboxylic acids is 3. The summed E-state index contributed by atoms with van der Waals surface area (Å²) in [5, 5.41) is 2.48. The first-order valence-electron chi connectivity index (χ1n) is 7.62. The van der Waals surface area contributed by atoms with Crippen molar-refractivity contribution in [3.63, 3.8) is 0 Å². The number of hydrogen-bond acceptors (Lipinski definition) is 4. The second-order valence-electron chi connectivity index (χ2n) is 7.05. The highest BCUT2D eigenvalue weighted by molar-refractivity contribution is 6.00. The molecule has 2 saturated heterocycles. The summed E-state index contributed by atoms with van der Waals surface area (Å²) in [6, 6.07) is -0.310. The highest BCUT2D eigenvalue weighted by atomic mass is 16.5. The molecule has 2 heterocycles. The van der Waals surface area contributed by atoms with Crippen LogP contribution in [0.25, 0.3) is 0 Å². The molecule has 3 rings (SSSR count). The van der Waals surface area contributed by atoms with E-state index in [2.05, 4.69) is 12.2 Å². The van der Waals surface area contributed by atoms with E-state index < -0.39 is 5.41 Å². The third-order valence-corrected chi connectivity index (χ3v) is 5.17. The van der Waals surface area contributed by atoms with Gasteiger partial charge in [-0.15, -0.1) is 0 Å². The van der Waals surface area contributed by atoms with Crippen molar-refractivity contribution >= 4 is 17.7 Å². The lowest BCUT2D eigenvalue weighted by atomic mass is 9.74. The Morgan fingerprint density at radius 3 is 2.52 bits per heavy atom. The lowest BCUT2D eigenvalue weighted by Gasteiger charge is -2.43. The molecule has 1 N–H and O–H groups in total. The fourth-order valence-corrected chi connectivity index (χ4v) is 3.61. The van der Waals surface area contributed by atoms with Gasteiger partial charge in [-0.25, -0.2) is 4.79 Å². The molecule has 0 bridgehead atoms. The topological polar surface area (TPSA) is 75.7 Å². The van der Waals surface area contributed by atoms with Crippen molar-refractivity contribution in [3.05, 3.63) is 0 Å². The molecule has 2 aliphatic heterocycles. The minimum Gasteiger partial charge on any atom is -0.380 e. The maximum absolute atomic E-state index is 12.1. The van der Waals surface area contributed by atoms with Crippen LogP contribution in [0.1, 0.15) is 39.0 Å². The van der Waals surface area contributed by atoms with Gasteiger partial charge in [-0.1, -0.05) is 6.92 Å². The Labute approximate surface area is 124 Å². The normalized spacial score (nSPS) is 32.6. The standard InChI is InChI=1S/C15H22N2O4/c1-14(4-2-11(18)3-5-14)8-17-9-15(6-7-21-10-15)12(19)16-13(17)20/h2-10H2,1H3,(H,16,19,20). The summed E-state index contributed by atoms with van der Waals surface area (Å²) >= 11 is 0. The third-order valence-electron chi connectivity index (χ3n) is 5.17. The smallest absolute Gasteiger partial charge is 0.324 e. The molecule has 3 aliphatic rings. The first-order valence-corrected chi connectivity index (χ1v) is 7.62. The molecule has 1 unspecified atom stereocenters. The van der Waals surface area contributed by atoms with Gasteiger partial charge in [-0.2, -0.15) is 0 Å². The van der Waals surface area contributed by atoms with Gasteiger partial charge in [0.15, 0.2) is 0 Å². The van der Waals surface area contributed by atoms with Crippen molar-refractivity contribution in [3.8, 4) is 0 Å². The summed E-state index contributed by atoms with van der Waals surface area (Å²) in [5.41, 5.74) is -0.610. The zero-order valence-corrected chi connectivity index (χ0v) is 12.4. The molecule has 6 nitrogen and oxygen atoms in total. The van der Waals surface area contributed by atoms with Crippen molar-refractivity contribution in [2.24, 2.45) is 10.8 Å². The van der Waals surface area contributed by atoms with Gasteiger partial charge in [-0.05, 0) is 24.7 Å². The summed E-state index contributed by atoms with van der Waals surface area (Å²) in [6.07, 6.45) is 3.48. The Balaban J connectivity index is 1.71. The largest absolute Gasteiger partial charge is 0.380 e. The first kappa shape index (κ1) is 14.5. The fourth-order valence-electron chi connectivity index (χ4n) is 3.61. The average molecular weight is 294 g/mol. The zero-order valence-electron chi connectivity index (χ0n) is 12.4. The number of ketones is 1. The van der Waals surface area contributed by atoms with E-state index in [1.807, 2.05) is 0 Å². The molecule has 3 amide bonds. The average Bonchev–Trinajstić information content (AvgIpc) is 2.90. The SMILES string of the molecule is CC1(CN2CC3(CCOC3)C(=O)NC2=O)CCC(=O)CC1. The van der Waals surface area contributed by atoms with Gasteiger partial charge in [0.05, 0.1) is 12.0 Å². The molecule has 6 heteroatoms. The van der Waals surface area contributed by atoms with Crippen LogP contribution in [-0.4, -0.2) is 48.9 Å². The van der Waals surface area contributed by atoms with Gasteiger partial charge < -0.3 is 9.64 Å². The van der Waals surface area contributed by atoms with Gasteiger partial charge in [0.1, 0.15) is 5.78 Å². The highest BCUT2D eigenvalue weighted by Gasteiger charge is 2.49. The molecule has 0 radical (unpaired) electrons. The van der Waals surface area contributed by atoms with Crippen molar-refractivity contribution in [2.75, 3.05) is 26.3 Å². The van der Waals surface area contributed by atoms with Crippen LogP contribution in [0.5, 0.6) is 0 Å². The van der Waals surface area contributed by atoms with Gasteiger partial charge in [0.25, 0.3) is 0 Å². The Morgan fingerprint density at radius 1 is 1.19 bits per heavy atom. The molecule has 1 saturated carbocycles. The van der Waals surface area contributed by atoms with E-state index in [9.17, 15) is 14.4 Å². The van der Waals surface area contributed by atoms with E-state index in [4.69, 9.17) is 4.74 Å². The molecule has 1 atom stereocenters. The van der Waals surface area contributed by atoms with Crippen molar-refractivity contribution in [1.82, 2.24) is 10.2 Å². The molecular formula is C15H22N2O4. The summed E-state index contributed by atoms with van der Waals surface area (Å²) in [6.45, 7) is 4.11. The van der Waals surface area contributed by atoms with Crippen molar-refractivity contribution in [1.29, 1.82) is 0 Å². The van der Waals surface area contributed by atoms with Gasteiger partial charge in [0.2, 0.25) is 5.91 Å². The second kappa shape index (κ2) is 5.09. The van der Waals surface area contributed by atoms with Crippen LogP contribution < -0.4 is 5.32 Å². The van der Waals surface area contributed by atoms with Crippen LogP contribution in [0.4, 0.5) is 4.79 Å². The third kappa shape index (κ3) is 2.69.